The van der Waals surface area contributed by atoms with Crippen molar-refractivity contribution in [1.82, 2.24) is 10.4 Å². The Labute approximate surface area is 258 Å². The first-order valence-electron chi connectivity index (χ1n) is 11.7. The summed E-state index contributed by atoms with van der Waals surface area (Å²) in [7, 11) is 1.41. The summed E-state index contributed by atoms with van der Waals surface area (Å²) in [6.07, 6.45) is 1.55. The lowest BCUT2D eigenvalue weighted by atomic mass is 10.2. The molecule has 0 atom stereocenters. The molecule has 0 saturated carbocycles. The monoisotopic (exact) mass is 647 g/mol. The van der Waals surface area contributed by atoms with Crippen LogP contribution in [0.3, 0.4) is 0 Å². The minimum Gasteiger partial charge on any atom is -0.493 e. The molecule has 0 unspecified atom stereocenters. The maximum absolute atomic E-state index is 12.9. The third kappa shape index (κ3) is 7.67. The summed E-state index contributed by atoms with van der Waals surface area (Å²) < 4.78 is 11.0. The fraction of sp³-hybridized carbons (Fsp3) is 0.0769. The van der Waals surface area contributed by atoms with E-state index >= 15 is 0 Å². The molecule has 0 radical (unpaired) electrons. The summed E-state index contributed by atoms with van der Waals surface area (Å²) in [6.45, 7) is -0.396. The number of nitro groups is 1. The highest BCUT2D eigenvalue weighted by molar-refractivity contribution is 8.26. The zero-order chi connectivity index (χ0) is 30.4. The zero-order valence-electron chi connectivity index (χ0n) is 21.4. The summed E-state index contributed by atoms with van der Waals surface area (Å²) in [4.78, 5) is 48.3. The fourth-order valence-electron chi connectivity index (χ4n) is 3.48. The van der Waals surface area contributed by atoms with Gasteiger partial charge in [-0.25, -0.2) is 10.2 Å². The third-order valence-electron chi connectivity index (χ3n) is 5.37. The first kappa shape index (κ1) is 30.6. The quantitative estimate of drug-likeness (QED) is 0.112. The number of nitro benzene ring substituents is 1. The SMILES string of the molecule is COc1cc(/C=C2\SC(=S)N(NC(=O)Nc3ccc(Cl)c(Cl)c3)C2=O)ccc1OCC(=O)Nc1cccc([N+](=O)[O-])c1. The molecule has 1 fully saturated rings. The van der Waals surface area contributed by atoms with E-state index in [-0.39, 0.29) is 37.1 Å². The van der Waals surface area contributed by atoms with Gasteiger partial charge in [0.1, 0.15) is 0 Å². The molecule has 216 valence electrons. The van der Waals surface area contributed by atoms with Crippen LogP contribution in [0.4, 0.5) is 21.9 Å². The van der Waals surface area contributed by atoms with Crippen LogP contribution in [0.5, 0.6) is 11.5 Å². The number of carbonyl (C=O) groups excluding carboxylic acids is 3. The van der Waals surface area contributed by atoms with E-state index in [1.807, 2.05) is 0 Å². The molecule has 12 nitrogen and oxygen atoms in total. The van der Waals surface area contributed by atoms with Gasteiger partial charge in [0.25, 0.3) is 17.5 Å². The standard InChI is InChI=1S/C26H19Cl2N5O7S2/c1-39-21-9-14(5-8-20(21)40-13-23(34)29-15-3-2-4-17(11-15)33(37)38)10-22-24(35)32(26(41)42-22)31-25(36)30-16-6-7-18(27)19(28)12-16/h2-12H,13H2,1H3,(H,29,34)(H2,30,31,36)/b22-10-. The second kappa shape index (κ2) is 13.5. The Bertz CT molecular complexity index is 1640. The number of carbonyl (C=O) groups is 3. The van der Waals surface area contributed by atoms with E-state index in [2.05, 4.69) is 16.1 Å². The lowest BCUT2D eigenvalue weighted by Gasteiger charge is -2.16. The predicted molar refractivity (Wildman–Crippen MR) is 164 cm³/mol. The number of urea groups is 1. The highest BCUT2D eigenvalue weighted by Gasteiger charge is 2.33. The van der Waals surface area contributed by atoms with Gasteiger partial charge in [0.2, 0.25) is 0 Å². The molecular weight excluding hydrogens is 629 g/mol. The van der Waals surface area contributed by atoms with Crippen LogP contribution in [0.1, 0.15) is 5.56 Å². The lowest BCUT2D eigenvalue weighted by Crippen LogP contribution is -2.46. The highest BCUT2D eigenvalue weighted by atomic mass is 35.5. The normalized spacial score (nSPS) is 13.6. The van der Waals surface area contributed by atoms with Crippen molar-refractivity contribution in [2.24, 2.45) is 0 Å². The molecule has 0 aromatic heterocycles. The van der Waals surface area contributed by atoms with E-state index in [0.717, 1.165) is 16.8 Å². The molecule has 3 aromatic carbocycles. The first-order valence-corrected chi connectivity index (χ1v) is 13.7. The van der Waals surface area contributed by atoms with Gasteiger partial charge in [-0.2, -0.15) is 5.01 Å². The van der Waals surface area contributed by atoms with E-state index in [9.17, 15) is 24.5 Å². The summed E-state index contributed by atoms with van der Waals surface area (Å²) in [5, 5.41) is 17.5. The van der Waals surface area contributed by atoms with Crippen LogP contribution in [0.15, 0.2) is 65.6 Å². The fourth-order valence-corrected chi connectivity index (χ4v) is 4.96. The van der Waals surface area contributed by atoms with Gasteiger partial charge >= 0.3 is 6.03 Å². The number of benzene rings is 3. The molecule has 4 rings (SSSR count). The topological polar surface area (TPSA) is 152 Å². The molecule has 0 bridgehead atoms. The Morgan fingerprint density at radius 1 is 1.05 bits per heavy atom. The molecule has 1 aliphatic heterocycles. The van der Waals surface area contributed by atoms with Gasteiger partial charge in [-0.3, -0.25) is 19.7 Å². The lowest BCUT2D eigenvalue weighted by molar-refractivity contribution is -0.384. The smallest absolute Gasteiger partial charge is 0.338 e. The average Bonchev–Trinajstić information content (AvgIpc) is 3.21. The van der Waals surface area contributed by atoms with Crippen LogP contribution < -0.4 is 25.5 Å². The molecule has 16 heteroatoms. The number of hydrogen-bond acceptors (Lipinski definition) is 9. The molecule has 0 spiro atoms. The van der Waals surface area contributed by atoms with Crippen molar-refractivity contribution in [2.75, 3.05) is 24.4 Å². The maximum atomic E-state index is 12.9. The number of ether oxygens (including phenoxy) is 2. The number of rotatable bonds is 9. The number of nitrogens with one attached hydrogen (secondary N) is 3. The average molecular weight is 649 g/mol. The summed E-state index contributed by atoms with van der Waals surface area (Å²) in [5.74, 6) is -0.564. The van der Waals surface area contributed by atoms with Gasteiger partial charge in [-0.1, -0.05) is 47.1 Å². The molecule has 3 aromatic rings. The number of non-ortho nitro benzene ring substituents is 1. The van der Waals surface area contributed by atoms with Gasteiger partial charge in [0, 0.05) is 23.5 Å². The zero-order valence-corrected chi connectivity index (χ0v) is 24.5. The molecule has 1 aliphatic rings. The van der Waals surface area contributed by atoms with Gasteiger partial charge in [-0.05, 0) is 60.3 Å². The van der Waals surface area contributed by atoms with Gasteiger partial charge in [0.15, 0.2) is 22.4 Å². The van der Waals surface area contributed by atoms with E-state index in [1.54, 1.807) is 30.3 Å². The van der Waals surface area contributed by atoms with Gasteiger partial charge < -0.3 is 20.1 Å². The number of hydrazine groups is 1. The van der Waals surface area contributed by atoms with Crippen LogP contribution >= 0.6 is 47.2 Å². The number of thiocarbonyl (C=S) groups is 1. The van der Waals surface area contributed by atoms with Crippen LogP contribution in [-0.2, 0) is 9.59 Å². The van der Waals surface area contributed by atoms with Crippen LogP contribution in [-0.4, -0.2) is 45.8 Å². The number of methoxy groups -OCH3 is 1. The highest BCUT2D eigenvalue weighted by Crippen LogP contribution is 2.34. The molecule has 1 saturated heterocycles. The number of thioether (sulfide) groups is 1. The Morgan fingerprint density at radius 2 is 1.81 bits per heavy atom. The summed E-state index contributed by atoms with van der Waals surface area (Å²) in [5.41, 5.74) is 3.40. The third-order valence-corrected chi connectivity index (χ3v) is 7.41. The second-order valence-electron chi connectivity index (χ2n) is 8.27. The van der Waals surface area contributed by atoms with Crippen molar-refractivity contribution in [2.45, 2.75) is 0 Å². The number of amides is 4. The second-order valence-corrected chi connectivity index (χ2v) is 10.8. The van der Waals surface area contributed by atoms with Gasteiger partial charge in [-0.15, -0.1) is 0 Å². The summed E-state index contributed by atoms with van der Waals surface area (Å²) >= 11 is 18.1. The van der Waals surface area contributed by atoms with Crippen molar-refractivity contribution >= 4 is 92.5 Å². The largest absolute Gasteiger partial charge is 0.493 e. The minimum absolute atomic E-state index is 0.109. The summed E-state index contributed by atoms with van der Waals surface area (Å²) in [6, 6.07) is 14.1. The molecular formula is C26H19Cl2N5O7S2. The number of anilines is 2. The van der Waals surface area contributed by atoms with Crippen LogP contribution in [0, 0.1) is 10.1 Å². The van der Waals surface area contributed by atoms with Crippen molar-refractivity contribution < 1.29 is 28.8 Å². The Hall–Kier alpha value is -4.37. The minimum atomic E-state index is -0.719. The van der Waals surface area contributed by atoms with E-state index in [4.69, 9.17) is 44.9 Å². The van der Waals surface area contributed by atoms with Crippen LogP contribution in [0.25, 0.3) is 6.08 Å². The number of halogens is 2. The predicted octanol–water partition coefficient (Wildman–Crippen LogP) is 5.87. The number of hydrogen-bond donors (Lipinski definition) is 3. The molecule has 0 aliphatic carbocycles. The number of nitrogens with zero attached hydrogens (tertiary/aromatic N) is 2. The first-order chi connectivity index (χ1) is 20.0. The Morgan fingerprint density at radius 3 is 2.52 bits per heavy atom. The van der Waals surface area contributed by atoms with Crippen molar-refractivity contribution in [3.05, 3.63) is 91.3 Å². The maximum Gasteiger partial charge on any atom is 0.338 e. The molecule has 3 N–H and O–H groups in total. The van der Waals surface area contributed by atoms with E-state index in [0.29, 0.717) is 16.3 Å². The Balaban J connectivity index is 1.37. The molecule has 4 amide bonds. The Kier molecular flexibility index (Phi) is 9.85. The van der Waals surface area contributed by atoms with E-state index in [1.165, 1.54) is 43.5 Å². The molecule has 42 heavy (non-hydrogen) atoms. The van der Waals surface area contributed by atoms with Crippen molar-refractivity contribution in [1.29, 1.82) is 0 Å². The van der Waals surface area contributed by atoms with Crippen molar-refractivity contribution in [3.8, 4) is 11.5 Å². The van der Waals surface area contributed by atoms with Gasteiger partial charge in [0.05, 0.1) is 27.0 Å². The van der Waals surface area contributed by atoms with E-state index < -0.39 is 29.4 Å². The van der Waals surface area contributed by atoms with Crippen LogP contribution in [0.2, 0.25) is 10.0 Å². The van der Waals surface area contributed by atoms with Crippen molar-refractivity contribution in [3.63, 3.8) is 0 Å². The molecule has 1 heterocycles.